The second-order valence-corrected chi connectivity index (χ2v) is 3.63. The van der Waals surface area contributed by atoms with Crippen molar-refractivity contribution in [3.63, 3.8) is 0 Å². The predicted molar refractivity (Wildman–Crippen MR) is 62.1 cm³/mol. The summed E-state index contributed by atoms with van der Waals surface area (Å²) < 4.78 is 5.10. The highest BCUT2D eigenvalue weighted by Crippen LogP contribution is 2.24. The molecule has 84 valence electrons. The number of nitrogen functional groups attached to an aromatic ring is 1. The molecule has 0 radical (unpaired) electrons. The molecule has 4 N–H and O–H groups in total. The van der Waals surface area contributed by atoms with E-state index >= 15 is 0 Å². The smallest absolute Gasteiger partial charge is 0.143 e. The lowest BCUT2D eigenvalue weighted by Gasteiger charge is -2.12. The summed E-state index contributed by atoms with van der Waals surface area (Å²) in [4.78, 5) is 0. The van der Waals surface area contributed by atoms with Crippen molar-refractivity contribution in [2.24, 2.45) is 5.92 Å². The molecule has 0 fully saturated rings. The highest BCUT2D eigenvalue weighted by Gasteiger charge is 2.02. The van der Waals surface area contributed by atoms with Crippen LogP contribution in [0.15, 0.2) is 18.2 Å². The van der Waals surface area contributed by atoms with Crippen molar-refractivity contribution in [3.8, 4) is 5.75 Å². The topological polar surface area (TPSA) is 67.5 Å². The quantitative estimate of drug-likeness (QED) is 0.641. The second-order valence-electron chi connectivity index (χ2n) is 3.63. The average molecular weight is 210 g/mol. The van der Waals surface area contributed by atoms with Gasteiger partial charge in [0.15, 0.2) is 0 Å². The first-order valence-corrected chi connectivity index (χ1v) is 4.95. The molecule has 0 amide bonds. The Morgan fingerprint density at radius 2 is 2.27 bits per heavy atom. The fraction of sp³-hybridized carbons (Fsp3) is 0.455. The Bertz CT molecular complexity index is 315. The maximum atomic E-state index is 8.87. The monoisotopic (exact) mass is 210 g/mol. The Labute approximate surface area is 90.1 Å². The third-order valence-electron chi connectivity index (χ3n) is 2.20. The van der Waals surface area contributed by atoms with Crippen LogP contribution >= 0.6 is 0 Å². The van der Waals surface area contributed by atoms with Gasteiger partial charge in [-0.1, -0.05) is 6.92 Å². The largest absolute Gasteiger partial charge is 0.495 e. The molecule has 0 heterocycles. The van der Waals surface area contributed by atoms with E-state index in [1.54, 1.807) is 13.2 Å². The molecule has 0 aliphatic heterocycles. The van der Waals surface area contributed by atoms with Gasteiger partial charge in [0.05, 0.1) is 12.8 Å². The van der Waals surface area contributed by atoms with Crippen molar-refractivity contribution >= 4 is 11.4 Å². The summed E-state index contributed by atoms with van der Waals surface area (Å²) in [6.07, 6.45) is 0. The van der Waals surface area contributed by atoms with Gasteiger partial charge in [-0.3, -0.25) is 0 Å². The minimum absolute atomic E-state index is 0.180. The van der Waals surface area contributed by atoms with Crippen molar-refractivity contribution in [1.29, 1.82) is 0 Å². The summed E-state index contributed by atoms with van der Waals surface area (Å²) in [5, 5.41) is 12.1. The van der Waals surface area contributed by atoms with Gasteiger partial charge >= 0.3 is 0 Å². The zero-order valence-electron chi connectivity index (χ0n) is 9.16. The van der Waals surface area contributed by atoms with E-state index in [1.165, 1.54) is 0 Å². The van der Waals surface area contributed by atoms with Crippen LogP contribution in [-0.2, 0) is 0 Å². The minimum Gasteiger partial charge on any atom is -0.495 e. The summed E-state index contributed by atoms with van der Waals surface area (Å²) in [6.45, 7) is 2.88. The van der Waals surface area contributed by atoms with Gasteiger partial charge in [-0.25, -0.2) is 0 Å². The molecule has 0 aromatic heterocycles. The maximum absolute atomic E-state index is 8.87. The molecule has 0 spiro atoms. The molecule has 1 aromatic carbocycles. The van der Waals surface area contributed by atoms with Crippen LogP contribution in [0.5, 0.6) is 5.75 Å². The molecule has 0 saturated heterocycles. The number of anilines is 2. The Kier molecular flexibility index (Phi) is 4.24. The maximum Gasteiger partial charge on any atom is 0.143 e. The normalized spacial score (nSPS) is 12.2. The Morgan fingerprint density at radius 1 is 1.53 bits per heavy atom. The minimum atomic E-state index is 0.180. The van der Waals surface area contributed by atoms with Crippen LogP contribution in [0.1, 0.15) is 6.92 Å². The third kappa shape index (κ3) is 3.32. The molecular weight excluding hydrogens is 192 g/mol. The summed E-state index contributed by atoms with van der Waals surface area (Å²) in [5.41, 5.74) is 7.26. The summed E-state index contributed by atoms with van der Waals surface area (Å²) in [6, 6.07) is 5.53. The van der Waals surface area contributed by atoms with Crippen molar-refractivity contribution in [3.05, 3.63) is 18.2 Å². The van der Waals surface area contributed by atoms with Gasteiger partial charge in [-0.15, -0.1) is 0 Å². The lowest BCUT2D eigenvalue weighted by Crippen LogP contribution is -2.14. The van der Waals surface area contributed by atoms with Crippen LogP contribution in [0.2, 0.25) is 0 Å². The number of aliphatic hydroxyl groups is 1. The van der Waals surface area contributed by atoms with Crippen LogP contribution in [0.25, 0.3) is 0 Å². The Morgan fingerprint density at radius 3 is 2.87 bits per heavy atom. The fourth-order valence-electron chi connectivity index (χ4n) is 1.18. The molecule has 0 saturated carbocycles. The van der Waals surface area contributed by atoms with E-state index in [2.05, 4.69) is 5.32 Å². The molecule has 4 nitrogen and oxygen atoms in total. The molecule has 1 unspecified atom stereocenters. The van der Waals surface area contributed by atoms with E-state index in [9.17, 15) is 0 Å². The van der Waals surface area contributed by atoms with Crippen LogP contribution in [0.3, 0.4) is 0 Å². The zero-order chi connectivity index (χ0) is 11.3. The Balaban J connectivity index is 2.62. The molecule has 0 aliphatic rings. The van der Waals surface area contributed by atoms with Gasteiger partial charge < -0.3 is 20.9 Å². The molecular formula is C11H18N2O2. The predicted octanol–water partition coefficient (Wildman–Crippen LogP) is 1.32. The highest BCUT2D eigenvalue weighted by atomic mass is 16.5. The number of methoxy groups -OCH3 is 1. The van der Waals surface area contributed by atoms with Gasteiger partial charge in [0.25, 0.3) is 0 Å². The summed E-state index contributed by atoms with van der Waals surface area (Å²) in [7, 11) is 1.59. The lowest BCUT2D eigenvalue weighted by molar-refractivity contribution is 0.244. The number of aliphatic hydroxyl groups excluding tert-OH is 1. The van der Waals surface area contributed by atoms with E-state index in [0.717, 1.165) is 12.2 Å². The van der Waals surface area contributed by atoms with Crippen LogP contribution in [0, 0.1) is 5.92 Å². The van der Waals surface area contributed by atoms with Crippen molar-refractivity contribution in [2.45, 2.75) is 6.92 Å². The first kappa shape index (κ1) is 11.7. The average Bonchev–Trinajstić information content (AvgIpc) is 2.27. The molecule has 15 heavy (non-hydrogen) atoms. The van der Waals surface area contributed by atoms with Crippen LogP contribution in [-0.4, -0.2) is 25.4 Å². The summed E-state index contributed by atoms with van der Waals surface area (Å²) in [5.74, 6) is 0.894. The van der Waals surface area contributed by atoms with E-state index < -0.39 is 0 Å². The van der Waals surface area contributed by atoms with Gasteiger partial charge in [-0.05, 0) is 18.1 Å². The standard InChI is InChI=1S/C11H18N2O2/c1-8(7-14)6-13-9-3-4-10(12)11(5-9)15-2/h3-5,8,13-14H,6-7,12H2,1-2H3. The first-order chi connectivity index (χ1) is 7.17. The van der Waals surface area contributed by atoms with Gasteiger partial charge in [0.1, 0.15) is 5.75 Å². The number of rotatable bonds is 5. The highest BCUT2D eigenvalue weighted by molar-refractivity contribution is 5.61. The van der Waals surface area contributed by atoms with Gasteiger partial charge in [-0.2, -0.15) is 0 Å². The van der Waals surface area contributed by atoms with Crippen molar-refractivity contribution < 1.29 is 9.84 Å². The number of benzene rings is 1. The van der Waals surface area contributed by atoms with Crippen molar-refractivity contribution in [2.75, 3.05) is 31.3 Å². The number of nitrogens with one attached hydrogen (secondary N) is 1. The van der Waals surface area contributed by atoms with E-state index in [4.69, 9.17) is 15.6 Å². The molecule has 1 aromatic rings. The molecule has 4 heteroatoms. The van der Waals surface area contributed by atoms with E-state index in [0.29, 0.717) is 11.4 Å². The zero-order valence-corrected chi connectivity index (χ0v) is 9.16. The number of nitrogens with two attached hydrogens (primary N) is 1. The number of hydrogen-bond acceptors (Lipinski definition) is 4. The van der Waals surface area contributed by atoms with Gasteiger partial charge in [0.2, 0.25) is 0 Å². The SMILES string of the molecule is COc1cc(NCC(C)CO)ccc1N. The van der Waals surface area contributed by atoms with E-state index in [-0.39, 0.29) is 12.5 Å². The number of hydrogen-bond donors (Lipinski definition) is 3. The van der Waals surface area contributed by atoms with Crippen molar-refractivity contribution in [1.82, 2.24) is 0 Å². The lowest BCUT2D eigenvalue weighted by atomic mass is 10.2. The molecule has 1 rings (SSSR count). The van der Waals surface area contributed by atoms with E-state index in [1.807, 2.05) is 19.1 Å². The molecule has 0 bridgehead atoms. The first-order valence-electron chi connectivity index (χ1n) is 4.95. The number of ether oxygens (including phenoxy) is 1. The van der Waals surface area contributed by atoms with Crippen LogP contribution in [0.4, 0.5) is 11.4 Å². The molecule has 0 aliphatic carbocycles. The third-order valence-corrected chi connectivity index (χ3v) is 2.20. The fourth-order valence-corrected chi connectivity index (χ4v) is 1.18. The molecule has 1 atom stereocenters. The second kappa shape index (κ2) is 5.46. The van der Waals surface area contributed by atoms with Gasteiger partial charge in [0, 0.05) is 24.9 Å². The Hall–Kier alpha value is -1.42. The van der Waals surface area contributed by atoms with Crippen LogP contribution < -0.4 is 15.8 Å². The summed E-state index contributed by atoms with van der Waals surface area (Å²) >= 11 is 0.